The Morgan fingerprint density at radius 2 is 2.03 bits per heavy atom. The Bertz CT molecular complexity index is 1150. The van der Waals surface area contributed by atoms with Gasteiger partial charge in [-0.1, -0.05) is 30.3 Å². The van der Waals surface area contributed by atoms with Crippen LogP contribution in [0.2, 0.25) is 0 Å². The fraction of sp³-hybridized carbons (Fsp3) is 0.292. The number of rotatable bonds is 5. The Hall–Kier alpha value is -3.17. The SMILES string of the molecule is Cc1cc(/C=N/NC(=O)Cc2ccccc2)c(C)n1-c1sc2c(c1C#N)CCCC2. The second-order valence-corrected chi connectivity index (χ2v) is 8.70. The molecule has 0 fully saturated rings. The maximum absolute atomic E-state index is 12.1. The first kappa shape index (κ1) is 20.1. The Labute approximate surface area is 180 Å². The quantitative estimate of drug-likeness (QED) is 0.488. The topological polar surface area (TPSA) is 70.2 Å². The number of carbonyl (C=O) groups is 1. The molecule has 0 unspecified atom stereocenters. The lowest BCUT2D eigenvalue weighted by Gasteiger charge is -2.10. The molecular formula is C24H24N4OS. The monoisotopic (exact) mass is 416 g/mol. The van der Waals surface area contributed by atoms with Crippen LogP contribution in [0, 0.1) is 25.2 Å². The van der Waals surface area contributed by atoms with Crippen molar-refractivity contribution in [2.45, 2.75) is 46.0 Å². The minimum absolute atomic E-state index is 0.149. The van der Waals surface area contributed by atoms with E-state index in [9.17, 15) is 10.1 Å². The molecule has 1 aliphatic carbocycles. The molecule has 30 heavy (non-hydrogen) atoms. The molecule has 0 bridgehead atoms. The smallest absolute Gasteiger partial charge is 0.244 e. The zero-order valence-electron chi connectivity index (χ0n) is 17.2. The predicted molar refractivity (Wildman–Crippen MR) is 120 cm³/mol. The summed E-state index contributed by atoms with van der Waals surface area (Å²) in [5, 5.41) is 15.0. The highest BCUT2D eigenvalue weighted by Gasteiger charge is 2.23. The molecular weight excluding hydrogens is 392 g/mol. The lowest BCUT2D eigenvalue weighted by atomic mass is 9.96. The number of thiophene rings is 1. The van der Waals surface area contributed by atoms with Gasteiger partial charge in [0.15, 0.2) is 0 Å². The average Bonchev–Trinajstić information content (AvgIpc) is 3.24. The van der Waals surface area contributed by atoms with Gasteiger partial charge in [-0.25, -0.2) is 5.43 Å². The third-order valence-corrected chi connectivity index (χ3v) is 6.82. The van der Waals surface area contributed by atoms with Crippen LogP contribution in [0.25, 0.3) is 5.00 Å². The number of hydrazone groups is 1. The number of hydrogen-bond acceptors (Lipinski definition) is 4. The molecule has 1 aromatic carbocycles. The fourth-order valence-corrected chi connectivity index (χ4v) is 5.50. The number of nitriles is 1. The number of fused-ring (bicyclic) bond motifs is 1. The molecule has 4 rings (SSSR count). The number of carbonyl (C=O) groups excluding carboxylic acids is 1. The van der Waals surface area contributed by atoms with E-state index in [-0.39, 0.29) is 5.91 Å². The van der Waals surface area contributed by atoms with Crippen LogP contribution in [-0.2, 0) is 24.1 Å². The van der Waals surface area contributed by atoms with Gasteiger partial charge < -0.3 is 4.57 Å². The van der Waals surface area contributed by atoms with Crippen molar-refractivity contribution in [3.8, 4) is 11.1 Å². The molecule has 2 aromatic heterocycles. The van der Waals surface area contributed by atoms with E-state index >= 15 is 0 Å². The largest absolute Gasteiger partial charge is 0.308 e. The van der Waals surface area contributed by atoms with Crippen LogP contribution in [0.3, 0.4) is 0 Å². The van der Waals surface area contributed by atoms with Crippen LogP contribution in [0.4, 0.5) is 0 Å². The number of benzene rings is 1. The first-order valence-corrected chi connectivity index (χ1v) is 11.0. The maximum atomic E-state index is 12.1. The summed E-state index contributed by atoms with van der Waals surface area (Å²) >= 11 is 1.74. The Morgan fingerprint density at radius 3 is 2.80 bits per heavy atom. The highest BCUT2D eigenvalue weighted by molar-refractivity contribution is 7.15. The predicted octanol–water partition coefficient (Wildman–Crippen LogP) is 4.60. The van der Waals surface area contributed by atoms with Gasteiger partial charge in [0.05, 0.1) is 18.2 Å². The molecule has 0 saturated heterocycles. The highest BCUT2D eigenvalue weighted by Crippen LogP contribution is 2.38. The summed E-state index contributed by atoms with van der Waals surface area (Å²) in [6.45, 7) is 4.07. The van der Waals surface area contributed by atoms with Crippen LogP contribution in [-0.4, -0.2) is 16.7 Å². The van der Waals surface area contributed by atoms with E-state index in [1.807, 2.05) is 50.2 Å². The number of nitrogens with zero attached hydrogens (tertiary/aromatic N) is 3. The average molecular weight is 417 g/mol. The molecule has 0 saturated carbocycles. The van der Waals surface area contributed by atoms with E-state index in [2.05, 4.69) is 21.2 Å². The van der Waals surface area contributed by atoms with Gasteiger partial charge in [0.25, 0.3) is 0 Å². The van der Waals surface area contributed by atoms with Crippen molar-refractivity contribution < 1.29 is 4.79 Å². The van der Waals surface area contributed by atoms with Gasteiger partial charge in [0, 0.05) is 21.8 Å². The van der Waals surface area contributed by atoms with Gasteiger partial charge in [-0.15, -0.1) is 11.3 Å². The zero-order valence-corrected chi connectivity index (χ0v) is 18.1. The standard InChI is InChI=1S/C24H24N4OS/c1-16-12-19(15-26-27-23(29)13-18-8-4-3-5-9-18)17(2)28(16)24-21(14-25)20-10-6-7-11-22(20)30-24/h3-5,8-9,12,15H,6-7,10-11,13H2,1-2H3,(H,27,29)/b26-15+. The molecule has 3 aromatic rings. The van der Waals surface area contributed by atoms with Crippen molar-refractivity contribution >= 4 is 23.5 Å². The third kappa shape index (κ3) is 3.94. The molecule has 1 N–H and O–H groups in total. The Morgan fingerprint density at radius 1 is 1.27 bits per heavy atom. The molecule has 0 spiro atoms. The molecule has 1 amide bonds. The highest BCUT2D eigenvalue weighted by atomic mass is 32.1. The molecule has 0 aliphatic heterocycles. The summed E-state index contributed by atoms with van der Waals surface area (Å²) in [6, 6.07) is 14.1. The van der Waals surface area contributed by atoms with Crippen LogP contribution in [0.15, 0.2) is 41.5 Å². The molecule has 1 aliphatic rings. The summed E-state index contributed by atoms with van der Waals surface area (Å²) in [5.74, 6) is -0.149. The number of amides is 1. The fourth-order valence-electron chi connectivity index (χ4n) is 4.05. The van der Waals surface area contributed by atoms with E-state index in [1.54, 1.807) is 17.6 Å². The van der Waals surface area contributed by atoms with Gasteiger partial charge >= 0.3 is 0 Å². The molecule has 6 heteroatoms. The lowest BCUT2D eigenvalue weighted by molar-refractivity contribution is -0.120. The van der Waals surface area contributed by atoms with E-state index in [1.165, 1.54) is 16.9 Å². The van der Waals surface area contributed by atoms with Crippen LogP contribution < -0.4 is 5.43 Å². The van der Waals surface area contributed by atoms with Crippen molar-refractivity contribution in [1.82, 2.24) is 9.99 Å². The van der Waals surface area contributed by atoms with E-state index in [0.717, 1.165) is 52.3 Å². The summed E-state index contributed by atoms with van der Waals surface area (Å²) < 4.78 is 2.15. The summed E-state index contributed by atoms with van der Waals surface area (Å²) in [7, 11) is 0. The Kier molecular flexibility index (Phi) is 5.82. The number of nitrogens with one attached hydrogen (secondary N) is 1. The Balaban J connectivity index is 1.55. The third-order valence-electron chi connectivity index (χ3n) is 5.54. The maximum Gasteiger partial charge on any atom is 0.244 e. The summed E-state index contributed by atoms with van der Waals surface area (Å²) in [5.41, 5.74) is 8.62. The first-order valence-electron chi connectivity index (χ1n) is 10.2. The van der Waals surface area contributed by atoms with E-state index < -0.39 is 0 Å². The van der Waals surface area contributed by atoms with Crippen LogP contribution in [0.1, 0.15) is 51.4 Å². The normalized spacial score (nSPS) is 13.2. The molecule has 0 radical (unpaired) electrons. The van der Waals surface area contributed by atoms with E-state index in [4.69, 9.17) is 0 Å². The van der Waals surface area contributed by atoms with Gasteiger partial charge in [0.1, 0.15) is 11.1 Å². The number of aromatic nitrogens is 1. The number of hydrogen-bond donors (Lipinski definition) is 1. The molecule has 0 atom stereocenters. The van der Waals surface area contributed by atoms with Gasteiger partial charge in [-0.05, 0) is 56.7 Å². The summed E-state index contributed by atoms with van der Waals surface area (Å²) in [4.78, 5) is 13.5. The van der Waals surface area contributed by atoms with E-state index in [0.29, 0.717) is 6.42 Å². The van der Waals surface area contributed by atoms with Crippen LogP contribution in [0.5, 0.6) is 0 Å². The summed E-state index contributed by atoms with van der Waals surface area (Å²) in [6.07, 6.45) is 6.39. The zero-order chi connectivity index (χ0) is 21.1. The molecule has 2 heterocycles. The van der Waals surface area contributed by atoms with Crippen molar-refractivity contribution in [3.05, 3.63) is 74.9 Å². The second-order valence-electron chi connectivity index (χ2n) is 7.62. The second kappa shape index (κ2) is 8.68. The van der Waals surface area contributed by atoms with Gasteiger partial charge in [-0.2, -0.15) is 10.4 Å². The van der Waals surface area contributed by atoms with Crippen molar-refractivity contribution in [1.29, 1.82) is 5.26 Å². The molecule has 152 valence electrons. The number of aryl methyl sites for hydroxylation is 2. The van der Waals surface area contributed by atoms with Crippen molar-refractivity contribution in [2.75, 3.05) is 0 Å². The minimum Gasteiger partial charge on any atom is -0.308 e. The van der Waals surface area contributed by atoms with Crippen molar-refractivity contribution in [3.63, 3.8) is 0 Å². The van der Waals surface area contributed by atoms with Crippen LogP contribution >= 0.6 is 11.3 Å². The first-order chi connectivity index (χ1) is 14.6. The van der Waals surface area contributed by atoms with Gasteiger partial charge in [-0.3, -0.25) is 4.79 Å². The van der Waals surface area contributed by atoms with Gasteiger partial charge in [0.2, 0.25) is 5.91 Å². The molecule has 5 nitrogen and oxygen atoms in total. The minimum atomic E-state index is -0.149. The van der Waals surface area contributed by atoms with Crippen molar-refractivity contribution in [2.24, 2.45) is 5.10 Å². The lowest BCUT2D eigenvalue weighted by Crippen LogP contribution is -2.19.